The lowest BCUT2D eigenvalue weighted by Crippen LogP contribution is -2.20. The number of hydrogen-bond donors (Lipinski definition) is 0. The van der Waals surface area contributed by atoms with E-state index in [2.05, 4.69) is 81.5 Å². The number of fused-ring (bicyclic) bond motifs is 2. The molecule has 0 aliphatic heterocycles. The highest BCUT2D eigenvalue weighted by Crippen LogP contribution is 2.31. The molecular weight excluding hydrogens is 752 g/mol. The van der Waals surface area contributed by atoms with Crippen LogP contribution in [0.2, 0.25) is 5.02 Å². The fourth-order valence-corrected chi connectivity index (χ4v) is 6.58. The molecule has 0 radical (unpaired) electrons. The molecule has 0 bridgehead atoms. The van der Waals surface area contributed by atoms with Gasteiger partial charge in [-0.05, 0) is 112 Å². The SMILES string of the molecule is Cc1ccc(COc2c(I)cc(C=Nn3c(-c4cc5cc(Cl)ccc5o4)nc4ccccc4c3=O)cc2I)cc1. The third-order valence-corrected chi connectivity index (χ3v) is 8.14. The van der Waals surface area contributed by atoms with Crippen molar-refractivity contribution in [3.05, 3.63) is 124 Å². The average molecular weight is 772 g/mol. The summed E-state index contributed by atoms with van der Waals surface area (Å²) in [5.41, 5.74) is 4.04. The number of para-hydroxylation sites is 1. The van der Waals surface area contributed by atoms with E-state index in [1.54, 1.807) is 30.5 Å². The Morgan fingerprint density at radius 2 is 1.75 bits per heavy atom. The second kappa shape index (κ2) is 11.3. The molecule has 0 saturated heterocycles. The Hall–Kier alpha value is -3.22. The fourth-order valence-electron chi connectivity index (χ4n) is 4.27. The lowest BCUT2D eigenvalue weighted by atomic mass is 10.2. The van der Waals surface area contributed by atoms with Gasteiger partial charge in [0.1, 0.15) is 17.9 Å². The molecule has 0 aliphatic carbocycles. The molecular formula is C31H20ClI2N3O3. The van der Waals surface area contributed by atoms with Gasteiger partial charge in [-0.2, -0.15) is 9.78 Å². The van der Waals surface area contributed by atoms with E-state index in [1.165, 1.54) is 10.2 Å². The molecule has 40 heavy (non-hydrogen) atoms. The smallest absolute Gasteiger partial charge is 0.282 e. The van der Waals surface area contributed by atoms with Crippen LogP contribution in [0.5, 0.6) is 5.75 Å². The molecule has 2 heterocycles. The maximum absolute atomic E-state index is 13.6. The van der Waals surface area contributed by atoms with Crippen molar-refractivity contribution in [3.63, 3.8) is 0 Å². The summed E-state index contributed by atoms with van der Waals surface area (Å²) in [5, 5.41) is 6.46. The van der Waals surface area contributed by atoms with Crippen molar-refractivity contribution < 1.29 is 9.15 Å². The summed E-state index contributed by atoms with van der Waals surface area (Å²) in [7, 11) is 0. The van der Waals surface area contributed by atoms with Crippen LogP contribution in [0.15, 0.2) is 99.2 Å². The molecule has 0 saturated carbocycles. The van der Waals surface area contributed by atoms with E-state index in [4.69, 9.17) is 25.7 Å². The Labute approximate surface area is 261 Å². The van der Waals surface area contributed by atoms with Crippen LogP contribution in [-0.4, -0.2) is 15.9 Å². The zero-order chi connectivity index (χ0) is 27.8. The maximum atomic E-state index is 13.6. The number of hydrogen-bond acceptors (Lipinski definition) is 5. The van der Waals surface area contributed by atoms with Crippen LogP contribution in [0, 0.1) is 14.1 Å². The van der Waals surface area contributed by atoms with E-state index < -0.39 is 0 Å². The zero-order valence-electron chi connectivity index (χ0n) is 21.1. The molecule has 0 fully saturated rings. The third kappa shape index (κ3) is 5.52. The highest BCUT2D eigenvalue weighted by Gasteiger charge is 2.17. The predicted octanol–water partition coefficient (Wildman–Crippen LogP) is 8.44. The molecule has 198 valence electrons. The van der Waals surface area contributed by atoms with Crippen LogP contribution >= 0.6 is 56.8 Å². The Morgan fingerprint density at radius 1 is 1.00 bits per heavy atom. The summed E-state index contributed by atoms with van der Waals surface area (Å²) in [6, 6.07) is 26.6. The highest BCUT2D eigenvalue weighted by molar-refractivity contribution is 14.1. The van der Waals surface area contributed by atoms with E-state index >= 15 is 0 Å². The fraction of sp³-hybridized carbons (Fsp3) is 0.0645. The average Bonchev–Trinajstić information content (AvgIpc) is 3.36. The number of benzene rings is 4. The molecule has 6 rings (SSSR count). The third-order valence-electron chi connectivity index (χ3n) is 6.30. The first-order valence-corrected chi connectivity index (χ1v) is 14.8. The van der Waals surface area contributed by atoms with Gasteiger partial charge in [0.25, 0.3) is 5.56 Å². The second-order valence-electron chi connectivity index (χ2n) is 9.19. The number of aromatic nitrogens is 2. The van der Waals surface area contributed by atoms with Crippen LogP contribution in [0.25, 0.3) is 33.5 Å². The minimum absolute atomic E-state index is 0.294. The second-order valence-corrected chi connectivity index (χ2v) is 12.0. The van der Waals surface area contributed by atoms with Gasteiger partial charge >= 0.3 is 0 Å². The molecule has 0 aliphatic rings. The number of ether oxygens (including phenoxy) is 1. The Bertz CT molecular complexity index is 1960. The summed E-state index contributed by atoms with van der Waals surface area (Å²) < 4.78 is 15.4. The predicted molar refractivity (Wildman–Crippen MR) is 177 cm³/mol. The van der Waals surface area contributed by atoms with Gasteiger partial charge in [0, 0.05) is 10.4 Å². The molecule has 0 unspecified atom stereocenters. The topological polar surface area (TPSA) is 69.6 Å². The number of rotatable bonds is 6. The van der Waals surface area contributed by atoms with Crippen molar-refractivity contribution in [2.75, 3.05) is 0 Å². The van der Waals surface area contributed by atoms with E-state index in [-0.39, 0.29) is 5.56 Å². The highest BCUT2D eigenvalue weighted by atomic mass is 127. The van der Waals surface area contributed by atoms with E-state index in [0.29, 0.717) is 39.7 Å². The van der Waals surface area contributed by atoms with Gasteiger partial charge in [-0.1, -0.05) is 53.6 Å². The van der Waals surface area contributed by atoms with Gasteiger partial charge in [-0.15, -0.1) is 0 Å². The number of furan rings is 1. The molecule has 0 amide bonds. The summed E-state index contributed by atoms with van der Waals surface area (Å²) in [6.45, 7) is 2.54. The Morgan fingerprint density at radius 3 is 2.52 bits per heavy atom. The van der Waals surface area contributed by atoms with Crippen LogP contribution in [-0.2, 0) is 6.61 Å². The van der Waals surface area contributed by atoms with Crippen LogP contribution in [0.1, 0.15) is 16.7 Å². The number of aryl methyl sites for hydroxylation is 1. The molecule has 9 heteroatoms. The summed E-state index contributed by atoms with van der Waals surface area (Å²) in [4.78, 5) is 18.3. The molecule has 0 atom stereocenters. The van der Waals surface area contributed by atoms with Crippen LogP contribution in [0.4, 0.5) is 0 Å². The molecule has 2 aromatic heterocycles. The maximum Gasteiger partial charge on any atom is 0.282 e. The van der Waals surface area contributed by atoms with Crippen molar-refractivity contribution in [3.8, 4) is 17.3 Å². The van der Waals surface area contributed by atoms with Crippen molar-refractivity contribution >= 4 is 84.9 Å². The summed E-state index contributed by atoms with van der Waals surface area (Å²) in [6.07, 6.45) is 1.65. The first-order valence-electron chi connectivity index (χ1n) is 12.3. The van der Waals surface area contributed by atoms with Crippen LogP contribution in [0.3, 0.4) is 0 Å². The van der Waals surface area contributed by atoms with E-state index in [0.717, 1.165) is 29.4 Å². The minimum atomic E-state index is -0.294. The van der Waals surface area contributed by atoms with Gasteiger partial charge in [0.2, 0.25) is 5.82 Å². The quantitative estimate of drug-likeness (QED) is 0.126. The van der Waals surface area contributed by atoms with Crippen molar-refractivity contribution in [1.29, 1.82) is 0 Å². The van der Waals surface area contributed by atoms with Crippen LogP contribution < -0.4 is 10.3 Å². The number of halogens is 3. The lowest BCUT2D eigenvalue weighted by molar-refractivity contribution is 0.301. The normalized spacial score (nSPS) is 11.6. The first-order chi connectivity index (χ1) is 19.4. The van der Waals surface area contributed by atoms with Gasteiger partial charge in [-0.25, -0.2) is 4.98 Å². The minimum Gasteiger partial charge on any atom is -0.487 e. The standard InChI is InChI=1S/C31H20ClI2N3O3/c1-18-6-8-19(9-7-18)17-39-29-24(33)12-20(13-25(29)34)16-35-37-30(36-26-5-3-2-4-23(26)31(37)38)28-15-21-14-22(32)10-11-27(21)40-28/h2-16H,17H2,1H3. The van der Waals surface area contributed by atoms with Crippen molar-refractivity contribution in [2.45, 2.75) is 13.5 Å². The van der Waals surface area contributed by atoms with Crippen molar-refractivity contribution in [1.82, 2.24) is 9.66 Å². The number of nitrogens with zero attached hydrogens (tertiary/aromatic N) is 3. The molecule has 4 aromatic carbocycles. The summed E-state index contributed by atoms with van der Waals surface area (Å²) >= 11 is 10.7. The molecule has 0 spiro atoms. The Kier molecular flexibility index (Phi) is 7.65. The zero-order valence-corrected chi connectivity index (χ0v) is 26.1. The van der Waals surface area contributed by atoms with Gasteiger partial charge in [0.05, 0.1) is 24.3 Å². The summed E-state index contributed by atoms with van der Waals surface area (Å²) in [5.74, 6) is 1.53. The molecule has 0 N–H and O–H groups in total. The van der Waals surface area contributed by atoms with Gasteiger partial charge in [0.15, 0.2) is 5.76 Å². The van der Waals surface area contributed by atoms with Gasteiger partial charge < -0.3 is 9.15 Å². The molecule has 6 aromatic rings. The largest absolute Gasteiger partial charge is 0.487 e. The monoisotopic (exact) mass is 771 g/mol. The van der Waals surface area contributed by atoms with E-state index in [1.807, 2.05) is 36.4 Å². The lowest BCUT2D eigenvalue weighted by Gasteiger charge is -2.12. The van der Waals surface area contributed by atoms with Crippen molar-refractivity contribution in [2.24, 2.45) is 5.10 Å². The first kappa shape index (κ1) is 27.0. The van der Waals surface area contributed by atoms with E-state index in [9.17, 15) is 4.79 Å². The van der Waals surface area contributed by atoms with Gasteiger partial charge in [-0.3, -0.25) is 4.79 Å². The Balaban J connectivity index is 1.37. The molecule has 6 nitrogen and oxygen atoms in total.